The Balaban J connectivity index is 1.38. The van der Waals surface area contributed by atoms with Gasteiger partial charge in [0.25, 0.3) is 8.53 Å². The molecule has 1 heterocycles. The van der Waals surface area contributed by atoms with Gasteiger partial charge in [0.05, 0.1) is 41.6 Å². The molecule has 0 fully saturated rings. The molecule has 3 rings (SSSR count). The van der Waals surface area contributed by atoms with Crippen molar-refractivity contribution >= 4 is 64.1 Å². The number of amides is 2. The second-order valence-corrected chi connectivity index (χ2v) is 13.7. The molecule has 1 aromatic heterocycles. The molecule has 2 amide bonds. The summed E-state index contributed by atoms with van der Waals surface area (Å²) in [5.41, 5.74) is 2.78. The Morgan fingerprint density at radius 2 is 1.74 bits per heavy atom. The third-order valence-electron chi connectivity index (χ3n) is 6.89. The number of aromatic nitrogens is 1. The van der Waals surface area contributed by atoms with Crippen LogP contribution in [0.15, 0.2) is 52.7 Å². The molecule has 0 bridgehead atoms. The van der Waals surface area contributed by atoms with Crippen molar-refractivity contribution in [2.24, 2.45) is 10.2 Å². The van der Waals surface area contributed by atoms with E-state index in [0.29, 0.717) is 42.7 Å². The van der Waals surface area contributed by atoms with Crippen molar-refractivity contribution in [2.45, 2.75) is 64.8 Å². The predicted octanol–water partition coefficient (Wildman–Crippen LogP) is 7.69. The molecule has 0 saturated heterocycles. The molecule has 12 nitrogen and oxygen atoms in total. The van der Waals surface area contributed by atoms with E-state index in [1.807, 2.05) is 62.4 Å². The number of carbonyl (C=O) groups is 2. The largest absolute Gasteiger partial charge is 0.378 e. The van der Waals surface area contributed by atoms with Crippen LogP contribution in [0.5, 0.6) is 0 Å². The Bertz CT molecular complexity index is 1440. The fourth-order valence-electron chi connectivity index (χ4n) is 4.05. The second-order valence-electron chi connectivity index (χ2n) is 11.1. The number of thiazole rings is 1. The average molecular weight is 669 g/mol. The molecule has 2 aromatic carbocycles. The van der Waals surface area contributed by atoms with Crippen molar-refractivity contribution in [3.05, 3.63) is 42.5 Å². The molecular weight excluding hydrogens is 623 g/mol. The van der Waals surface area contributed by atoms with Gasteiger partial charge in [-0.25, -0.2) is 9.65 Å². The Kier molecular flexibility index (Phi) is 16.0. The lowest BCUT2D eigenvalue weighted by molar-refractivity contribution is -0.124. The van der Waals surface area contributed by atoms with Crippen LogP contribution in [0.4, 0.5) is 22.2 Å². The van der Waals surface area contributed by atoms with Crippen molar-refractivity contribution in [3.8, 4) is 6.07 Å². The van der Waals surface area contributed by atoms with Crippen LogP contribution in [0.3, 0.4) is 0 Å². The van der Waals surface area contributed by atoms with Crippen LogP contribution < -0.4 is 15.5 Å². The van der Waals surface area contributed by atoms with Gasteiger partial charge in [-0.05, 0) is 64.1 Å². The van der Waals surface area contributed by atoms with Crippen LogP contribution in [0.2, 0.25) is 0 Å². The zero-order valence-corrected chi connectivity index (χ0v) is 29.1. The van der Waals surface area contributed by atoms with Crippen LogP contribution in [-0.2, 0) is 18.6 Å². The number of nitrogens with zero attached hydrogens (tertiary/aromatic N) is 6. The highest BCUT2D eigenvalue weighted by Crippen LogP contribution is 2.43. The summed E-state index contributed by atoms with van der Waals surface area (Å²) < 4.78 is 14.8. The van der Waals surface area contributed by atoms with Gasteiger partial charge in [0.2, 0.25) is 16.9 Å². The quantitative estimate of drug-likeness (QED) is 0.0708. The summed E-state index contributed by atoms with van der Waals surface area (Å²) in [6.45, 7) is 5.66. The van der Waals surface area contributed by atoms with E-state index in [9.17, 15) is 9.59 Å². The highest BCUT2D eigenvalue weighted by molar-refractivity contribution is 7.44. The summed E-state index contributed by atoms with van der Waals surface area (Å²) in [6.07, 6.45) is 4.14. The molecule has 3 aromatic rings. The highest BCUT2D eigenvalue weighted by atomic mass is 32.1. The van der Waals surface area contributed by atoms with Crippen molar-refractivity contribution in [3.63, 3.8) is 0 Å². The molecule has 0 saturated carbocycles. The van der Waals surface area contributed by atoms with E-state index < -0.39 is 8.53 Å². The van der Waals surface area contributed by atoms with Crippen molar-refractivity contribution < 1.29 is 18.6 Å². The molecule has 14 heteroatoms. The summed E-state index contributed by atoms with van der Waals surface area (Å²) in [4.78, 5) is 31.6. The molecule has 0 aliphatic rings. The number of rotatable bonds is 20. The first-order valence-electron chi connectivity index (χ1n) is 15.5. The summed E-state index contributed by atoms with van der Waals surface area (Å²) in [5.74, 6) is -0.435. The van der Waals surface area contributed by atoms with E-state index in [-0.39, 0.29) is 30.7 Å². The molecule has 0 aliphatic heterocycles. The van der Waals surface area contributed by atoms with E-state index in [4.69, 9.17) is 14.3 Å². The van der Waals surface area contributed by atoms with Gasteiger partial charge in [-0.3, -0.25) is 9.59 Å². The molecule has 248 valence electrons. The van der Waals surface area contributed by atoms with Gasteiger partial charge >= 0.3 is 0 Å². The third kappa shape index (κ3) is 12.7. The van der Waals surface area contributed by atoms with Crippen molar-refractivity contribution in [2.75, 3.05) is 51.1 Å². The zero-order chi connectivity index (χ0) is 33.3. The number of anilines is 2. The zero-order valence-electron chi connectivity index (χ0n) is 27.4. The number of carbonyl (C=O) groups excluding carboxylic acids is 2. The van der Waals surface area contributed by atoms with Gasteiger partial charge in [0.1, 0.15) is 5.69 Å². The van der Waals surface area contributed by atoms with Crippen LogP contribution in [0.1, 0.15) is 58.8 Å². The number of nitriles is 1. The van der Waals surface area contributed by atoms with E-state index in [0.717, 1.165) is 41.6 Å². The standard InChI is InChI=1S/C32H45N8O4PS/c1-24(2)40(5)45(44-22-12-19-33)43-21-11-7-6-10-20-34-30(41)17-18-31(42)35-28-23-25(39(3)4)15-16-26(28)37-38-32-36-27-13-8-9-14-29(27)46-32/h8-9,13-16,23-24H,6-7,10-12,17-18,20-22H2,1-5H3,(H,34,41)(H,35,42). The van der Waals surface area contributed by atoms with Crippen molar-refractivity contribution in [1.82, 2.24) is 15.0 Å². The molecule has 0 radical (unpaired) electrons. The Hall–Kier alpha value is -3.53. The number of para-hydroxylation sites is 1. The summed E-state index contributed by atoms with van der Waals surface area (Å²) in [5, 5.41) is 23.8. The van der Waals surface area contributed by atoms with Gasteiger partial charge < -0.3 is 24.6 Å². The second kappa shape index (κ2) is 19.9. The lowest BCUT2D eigenvalue weighted by Gasteiger charge is -2.28. The number of hydrogen-bond donors (Lipinski definition) is 2. The Morgan fingerprint density at radius 3 is 2.48 bits per heavy atom. The van der Waals surface area contributed by atoms with Gasteiger partial charge in [-0.1, -0.05) is 36.3 Å². The fraction of sp³-hybridized carbons (Fsp3) is 0.500. The van der Waals surface area contributed by atoms with E-state index in [1.165, 1.54) is 11.3 Å². The number of unbranched alkanes of at least 4 members (excludes halogenated alkanes) is 3. The number of benzene rings is 2. The topological polar surface area (TPSA) is 145 Å². The SMILES string of the molecule is CC(C)N(C)P(OCCC#N)OCCCCCCNC(=O)CCC(=O)Nc1cc(N(C)C)ccc1N=Nc1nc2ccccc2s1. The van der Waals surface area contributed by atoms with E-state index >= 15 is 0 Å². The maximum Gasteiger partial charge on any atom is 0.258 e. The van der Waals surface area contributed by atoms with Gasteiger partial charge in [-0.15, -0.1) is 10.2 Å². The summed E-state index contributed by atoms with van der Waals surface area (Å²) >= 11 is 1.44. The molecule has 1 atom stereocenters. The number of azo groups is 1. The van der Waals surface area contributed by atoms with Gasteiger partial charge in [0.15, 0.2) is 0 Å². The van der Waals surface area contributed by atoms with Crippen LogP contribution in [0, 0.1) is 11.3 Å². The Morgan fingerprint density at radius 1 is 1.00 bits per heavy atom. The lowest BCUT2D eigenvalue weighted by Crippen LogP contribution is -2.25. The minimum Gasteiger partial charge on any atom is -0.378 e. The van der Waals surface area contributed by atoms with Gasteiger partial charge in [0, 0.05) is 45.2 Å². The third-order valence-corrected chi connectivity index (χ3v) is 9.60. The number of nitrogens with one attached hydrogen (secondary N) is 2. The van der Waals surface area contributed by atoms with Crippen LogP contribution >= 0.6 is 19.9 Å². The van der Waals surface area contributed by atoms with E-state index in [1.54, 1.807) is 6.07 Å². The number of hydrogen-bond acceptors (Lipinski definition) is 11. The molecule has 2 N–H and O–H groups in total. The number of fused-ring (bicyclic) bond motifs is 1. The predicted molar refractivity (Wildman–Crippen MR) is 186 cm³/mol. The first-order valence-corrected chi connectivity index (χ1v) is 17.4. The summed E-state index contributed by atoms with van der Waals surface area (Å²) in [7, 11) is 4.62. The Labute approximate surface area is 277 Å². The summed E-state index contributed by atoms with van der Waals surface area (Å²) in [6, 6.07) is 15.7. The molecule has 46 heavy (non-hydrogen) atoms. The smallest absolute Gasteiger partial charge is 0.258 e. The maximum atomic E-state index is 12.8. The molecule has 0 aliphatic carbocycles. The lowest BCUT2D eigenvalue weighted by atomic mass is 10.2. The molecular formula is C32H45N8O4PS. The van der Waals surface area contributed by atoms with Crippen LogP contribution in [-0.4, -0.2) is 68.4 Å². The van der Waals surface area contributed by atoms with Crippen molar-refractivity contribution in [1.29, 1.82) is 5.26 Å². The van der Waals surface area contributed by atoms with Gasteiger partial charge in [-0.2, -0.15) is 5.26 Å². The van der Waals surface area contributed by atoms with E-state index in [2.05, 4.69) is 50.4 Å². The minimum atomic E-state index is -1.18. The molecule has 1 unspecified atom stereocenters. The average Bonchev–Trinajstić information content (AvgIpc) is 3.46. The highest BCUT2D eigenvalue weighted by Gasteiger charge is 2.20. The normalized spacial score (nSPS) is 12.1. The fourth-order valence-corrected chi connectivity index (χ4v) is 6.18. The maximum absolute atomic E-state index is 12.8. The molecule has 0 spiro atoms. The first-order chi connectivity index (χ1) is 22.2. The monoisotopic (exact) mass is 668 g/mol. The van der Waals surface area contributed by atoms with Crippen LogP contribution in [0.25, 0.3) is 10.2 Å². The minimum absolute atomic E-state index is 0.0497. The first kappa shape index (κ1) is 36.9.